The summed E-state index contributed by atoms with van der Waals surface area (Å²) in [5.41, 5.74) is 3.03. The molecule has 0 radical (unpaired) electrons. The lowest BCUT2D eigenvalue weighted by atomic mass is 9.77. The van der Waals surface area contributed by atoms with Crippen molar-refractivity contribution in [1.29, 1.82) is 0 Å². The molecule has 4 aliphatic heterocycles. The third-order valence-corrected chi connectivity index (χ3v) is 9.09. The molecule has 4 heterocycles. The van der Waals surface area contributed by atoms with Crippen LogP contribution in [0.15, 0.2) is 42.5 Å². The summed E-state index contributed by atoms with van der Waals surface area (Å²) in [6.07, 6.45) is 0. The standard InChI is InChI=1S/C32H31ClFN3O7/c1-41-28-11-22(24(33)12-27(28)37-14-32(15-37)16-43-17-32)30(38)36-13-19-3-2-4-20(29(19)44-18-36)21-10-26(35-5-7-42-8-6-35)23(31(39)40)9-25(21)34/h2-4,9-12H,5-8,13-18H2,1H3,(H,39,40). The normalized spacial score (nSPS) is 18.7. The highest BCUT2D eigenvalue weighted by Gasteiger charge is 2.49. The molecular formula is C32H31ClFN3O7. The van der Waals surface area contributed by atoms with E-state index in [4.69, 9.17) is 30.5 Å². The second-order valence-corrected chi connectivity index (χ2v) is 12.1. The smallest absolute Gasteiger partial charge is 0.337 e. The predicted octanol–water partition coefficient (Wildman–Crippen LogP) is 4.52. The van der Waals surface area contributed by atoms with Crippen LogP contribution in [-0.4, -0.2) is 88.3 Å². The topological polar surface area (TPSA) is 101 Å². The average Bonchev–Trinajstić information content (AvgIpc) is 2.99. The molecule has 0 aromatic heterocycles. The number of ether oxygens (including phenoxy) is 4. The minimum Gasteiger partial charge on any atom is -0.495 e. The Hall–Kier alpha value is -4.06. The number of nitrogens with zero attached hydrogens (tertiary/aromatic N) is 3. The van der Waals surface area contributed by atoms with Gasteiger partial charge in [0.05, 0.1) is 73.0 Å². The number of morpholine rings is 1. The Balaban J connectivity index is 1.15. The molecule has 3 aromatic rings. The summed E-state index contributed by atoms with van der Waals surface area (Å²) in [7, 11) is 1.57. The van der Waals surface area contributed by atoms with Crippen molar-refractivity contribution in [2.45, 2.75) is 6.54 Å². The van der Waals surface area contributed by atoms with Crippen LogP contribution in [0.25, 0.3) is 11.1 Å². The first-order chi connectivity index (χ1) is 21.3. The Morgan fingerprint density at radius 3 is 2.43 bits per heavy atom. The highest BCUT2D eigenvalue weighted by atomic mass is 35.5. The Morgan fingerprint density at radius 2 is 1.75 bits per heavy atom. The molecular weight excluding hydrogens is 593 g/mol. The molecule has 12 heteroatoms. The molecule has 1 amide bonds. The van der Waals surface area contributed by atoms with E-state index in [1.807, 2.05) is 11.0 Å². The van der Waals surface area contributed by atoms with E-state index in [0.29, 0.717) is 65.2 Å². The second-order valence-electron chi connectivity index (χ2n) is 11.7. The zero-order valence-corrected chi connectivity index (χ0v) is 24.9. The number of fused-ring (bicyclic) bond motifs is 1. The molecule has 3 saturated heterocycles. The molecule has 0 bridgehead atoms. The van der Waals surface area contributed by atoms with Crippen molar-refractivity contribution in [2.24, 2.45) is 5.41 Å². The molecule has 1 N–H and O–H groups in total. The fraction of sp³-hybridized carbons (Fsp3) is 0.375. The van der Waals surface area contributed by atoms with Crippen molar-refractivity contribution >= 4 is 34.9 Å². The largest absolute Gasteiger partial charge is 0.495 e. The number of carbonyl (C=O) groups excluding carboxylic acids is 1. The summed E-state index contributed by atoms with van der Waals surface area (Å²) in [5, 5.41) is 10.1. The van der Waals surface area contributed by atoms with Crippen molar-refractivity contribution in [2.75, 3.05) is 76.2 Å². The highest BCUT2D eigenvalue weighted by molar-refractivity contribution is 6.34. The van der Waals surface area contributed by atoms with Gasteiger partial charge in [0.15, 0.2) is 6.73 Å². The monoisotopic (exact) mass is 623 g/mol. The molecule has 7 rings (SSSR count). The summed E-state index contributed by atoms with van der Waals surface area (Å²) >= 11 is 6.66. The van der Waals surface area contributed by atoms with Gasteiger partial charge in [-0.3, -0.25) is 4.79 Å². The first kappa shape index (κ1) is 28.7. The fourth-order valence-corrected chi connectivity index (χ4v) is 6.66. The summed E-state index contributed by atoms with van der Waals surface area (Å²) in [4.78, 5) is 31.3. The minimum atomic E-state index is -1.21. The van der Waals surface area contributed by atoms with Crippen molar-refractivity contribution in [3.8, 4) is 22.6 Å². The number of carboxylic acid groups (broad SMARTS) is 1. The number of methoxy groups -OCH3 is 1. The van der Waals surface area contributed by atoms with Gasteiger partial charge < -0.3 is 38.8 Å². The molecule has 4 aliphatic rings. The number of hydrogen-bond donors (Lipinski definition) is 1. The van der Waals surface area contributed by atoms with E-state index in [2.05, 4.69) is 4.90 Å². The van der Waals surface area contributed by atoms with Gasteiger partial charge in [-0.2, -0.15) is 0 Å². The number of hydrogen-bond acceptors (Lipinski definition) is 8. The number of halogens is 2. The van der Waals surface area contributed by atoms with E-state index in [1.54, 1.807) is 37.4 Å². The van der Waals surface area contributed by atoms with E-state index >= 15 is 4.39 Å². The first-order valence-electron chi connectivity index (χ1n) is 14.4. The van der Waals surface area contributed by atoms with Gasteiger partial charge in [-0.15, -0.1) is 0 Å². The maximum absolute atomic E-state index is 15.5. The van der Waals surface area contributed by atoms with Gasteiger partial charge in [0, 0.05) is 42.9 Å². The van der Waals surface area contributed by atoms with Gasteiger partial charge in [-0.25, -0.2) is 9.18 Å². The lowest BCUT2D eigenvalue weighted by Crippen LogP contribution is -2.66. The number of amides is 1. The molecule has 0 atom stereocenters. The van der Waals surface area contributed by atoms with Gasteiger partial charge in [0.2, 0.25) is 0 Å². The van der Waals surface area contributed by atoms with Gasteiger partial charge in [0.1, 0.15) is 17.3 Å². The lowest BCUT2D eigenvalue weighted by molar-refractivity contribution is -0.127. The van der Waals surface area contributed by atoms with Crippen LogP contribution in [0.4, 0.5) is 15.8 Å². The Morgan fingerprint density at radius 1 is 0.977 bits per heavy atom. The lowest BCUT2D eigenvalue weighted by Gasteiger charge is -2.56. The van der Waals surface area contributed by atoms with Crippen molar-refractivity contribution in [1.82, 2.24) is 4.90 Å². The van der Waals surface area contributed by atoms with Crippen LogP contribution >= 0.6 is 11.6 Å². The summed E-state index contributed by atoms with van der Waals surface area (Å²) < 4.78 is 38.0. The number of benzene rings is 3. The summed E-state index contributed by atoms with van der Waals surface area (Å²) in [5.74, 6) is -1.20. The van der Waals surface area contributed by atoms with Crippen LogP contribution in [0.2, 0.25) is 5.02 Å². The molecule has 10 nitrogen and oxygen atoms in total. The van der Waals surface area contributed by atoms with Crippen LogP contribution in [0.5, 0.6) is 11.5 Å². The van der Waals surface area contributed by atoms with Gasteiger partial charge in [0.25, 0.3) is 5.91 Å². The third-order valence-electron chi connectivity index (χ3n) is 8.78. The number of rotatable bonds is 6. The second kappa shape index (κ2) is 11.1. The number of carboxylic acids is 1. The number of anilines is 2. The van der Waals surface area contributed by atoms with E-state index in [0.717, 1.165) is 38.1 Å². The highest BCUT2D eigenvalue weighted by Crippen LogP contribution is 2.45. The predicted molar refractivity (Wildman–Crippen MR) is 161 cm³/mol. The Bertz CT molecular complexity index is 1650. The van der Waals surface area contributed by atoms with Crippen LogP contribution in [0.1, 0.15) is 26.3 Å². The SMILES string of the molecule is COc1cc(C(=O)N2COc3c(cccc3-c3cc(N4CCOCC4)c(C(=O)O)cc3F)C2)c(Cl)cc1N1CC2(COC2)C1. The number of para-hydroxylation sites is 1. The van der Waals surface area contributed by atoms with Crippen LogP contribution < -0.4 is 19.3 Å². The van der Waals surface area contributed by atoms with Crippen LogP contribution in [-0.2, 0) is 16.0 Å². The number of carbonyl (C=O) groups is 2. The third kappa shape index (κ3) is 4.89. The van der Waals surface area contributed by atoms with Crippen molar-refractivity contribution < 1.29 is 38.0 Å². The van der Waals surface area contributed by atoms with Gasteiger partial charge in [-0.05, 0) is 24.3 Å². The fourth-order valence-electron chi connectivity index (χ4n) is 6.42. The molecule has 3 fully saturated rings. The van der Waals surface area contributed by atoms with E-state index in [9.17, 15) is 14.7 Å². The molecule has 230 valence electrons. The summed E-state index contributed by atoms with van der Waals surface area (Å²) in [6.45, 7) is 5.22. The Labute approximate surface area is 258 Å². The van der Waals surface area contributed by atoms with E-state index in [-0.39, 0.29) is 35.7 Å². The van der Waals surface area contributed by atoms with Crippen LogP contribution in [0, 0.1) is 11.2 Å². The van der Waals surface area contributed by atoms with E-state index in [1.165, 1.54) is 4.90 Å². The van der Waals surface area contributed by atoms with Crippen molar-refractivity contribution in [3.05, 3.63) is 70.0 Å². The Kier molecular flexibility index (Phi) is 7.26. The summed E-state index contributed by atoms with van der Waals surface area (Å²) in [6, 6.07) is 11.4. The molecule has 1 spiro atoms. The van der Waals surface area contributed by atoms with Crippen molar-refractivity contribution in [3.63, 3.8) is 0 Å². The maximum Gasteiger partial charge on any atom is 0.337 e. The van der Waals surface area contributed by atoms with E-state index < -0.39 is 11.8 Å². The van der Waals surface area contributed by atoms with Gasteiger partial charge >= 0.3 is 5.97 Å². The van der Waals surface area contributed by atoms with Gasteiger partial charge in [-0.1, -0.05) is 29.8 Å². The minimum absolute atomic E-state index is 0.0803. The molecule has 0 aliphatic carbocycles. The molecule has 44 heavy (non-hydrogen) atoms. The quantitative estimate of drug-likeness (QED) is 0.425. The molecule has 3 aromatic carbocycles. The average molecular weight is 624 g/mol. The van der Waals surface area contributed by atoms with Crippen LogP contribution in [0.3, 0.4) is 0 Å². The zero-order valence-electron chi connectivity index (χ0n) is 24.1. The first-order valence-corrected chi connectivity index (χ1v) is 14.8. The number of aromatic carboxylic acids is 1. The maximum atomic E-state index is 15.5. The molecule has 0 saturated carbocycles. The zero-order chi connectivity index (χ0) is 30.6. The molecule has 0 unspecified atom stereocenters.